The molecule has 2 aromatic carbocycles. The molecule has 1 fully saturated rings. The maximum atomic E-state index is 14.0. The fourth-order valence-electron chi connectivity index (χ4n) is 4.12. The van der Waals surface area contributed by atoms with E-state index in [4.69, 9.17) is 0 Å². The summed E-state index contributed by atoms with van der Waals surface area (Å²) in [5.41, 5.74) is -0.367. The number of carbonyl (C=O) groups excluding carboxylic acids is 1. The number of para-hydroxylation sites is 1. The minimum atomic E-state index is -4.93. The van der Waals surface area contributed by atoms with Gasteiger partial charge in [0.25, 0.3) is 0 Å². The summed E-state index contributed by atoms with van der Waals surface area (Å²) in [5, 5.41) is 14.6. The number of alkyl halides is 3. The van der Waals surface area contributed by atoms with E-state index in [1.54, 1.807) is 24.4 Å². The Balaban J connectivity index is 1.57. The monoisotopic (exact) mass is 548 g/mol. The SMILES string of the molecule is N#CC1(NC(=O)[C@H](CS(=O)(=O)CCc2cccc3cccnc23)N[C@@H](c2ccc(F)cc2)C(F)(F)F)CC1. The van der Waals surface area contributed by atoms with Gasteiger partial charge in [-0.1, -0.05) is 36.4 Å². The number of sulfone groups is 1. The first-order valence-electron chi connectivity index (χ1n) is 11.8. The quantitative estimate of drug-likeness (QED) is 0.373. The second-order valence-corrected chi connectivity index (χ2v) is 11.5. The zero-order valence-electron chi connectivity index (χ0n) is 20.0. The minimum absolute atomic E-state index is 0.0355. The summed E-state index contributed by atoms with van der Waals surface area (Å²) in [6, 6.07) is 9.98. The molecule has 0 spiro atoms. The van der Waals surface area contributed by atoms with E-state index >= 15 is 0 Å². The Hall–Kier alpha value is -3.56. The van der Waals surface area contributed by atoms with Crippen LogP contribution in [-0.2, 0) is 21.1 Å². The van der Waals surface area contributed by atoms with Crippen molar-refractivity contribution < 1.29 is 30.8 Å². The number of fused-ring (bicyclic) bond motifs is 1. The van der Waals surface area contributed by atoms with Gasteiger partial charge in [-0.2, -0.15) is 18.4 Å². The molecule has 0 saturated heterocycles. The van der Waals surface area contributed by atoms with E-state index in [1.807, 2.05) is 18.2 Å². The number of nitriles is 1. The van der Waals surface area contributed by atoms with Gasteiger partial charge in [0.05, 0.1) is 23.1 Å². The summed E-state index contributed by atoms with van der Waals surface area (Å²) in [4.78, 5) is 17.3. The van der Waals surface area contributed by atoms with E-state index in [0.29, 0.717) is 23.9 Å². The van der Waals surface area contributed by atoms with Gasteiger partial charge in [-0.05, 0) is 48.6 Å². The van der Waals surface area contributed by atoms with E-state index < -0.39 is 62.4 Å². The van der Waals surface area contributed by atoms with E-state index in [2.05, 4.69) is 15.6 Å². The maximum Gasteiger partial charge on any atom is 0.407 e. The van der Waals surface area contributed by atoms with E-state index in [1.165, 1.54) is 0 Å². The maximum absolute atomic E-state index is 14.0. The van der Waals surface area contributed by atoms with Gasteiger partial charge in [0, 0.05) is 11.6 Å². The molecule has 1 amide bonds. The van der Waals surface area contributed by atoms with Crippen molar-refractivity contribution >= 4 is 26.6 Å². The number of carbonyl (C=O) groups is 1. The number of benzene rings is 2. The van der Waals surface area contributed by atoms with Crippen molar-refractivity contribution in [2.45, 2.75) is 43.1 Å². The number of hydrogen-bond donors (Lipinski definition) is 2. The summed E-state index contributed by atoms with van der Waals surface area (Å²) >= 11 is 0. The first-order chi connectivity index (χ1) is 17.9. The number of amides is 1. The van der Waals surface area contributed by atoms with Crippen LogP contribution in [0.5, 0.6) is 0 Å². The third-order valence-electron chi connectivity index (χ3n) is 6.36. The zero-order chi connectivity index (χ0) is 27.6. The lowest BCUT2D eigenvalue weighted by atomic mass is 10.0. The Kier molecular flexibility index (Phi) is 7.71. The molecular weight excluding hydrogens is 524 g/mol. The predicted molar refractivity (Wildman–Crippen MR) is 132 cm³/mol. The smallest absolute Gasteiger partial charge is 0.336 e. The summed E-state index contributed by atoms with van der Waals surface area (Å²) in [6.45, 7) is 0. The fraction of sp³-hybridized carbons (Fsp3) is 0.346. The molecule has 1 heterocycles. The average molecular weight is 549 g/mol. The largest absolute Gasteiger partial charge is 0.407 e. The zero-order valence-corrected chi connectivity index (χ0v) is 20.8. The van der Waals surface area contributed by atoms with Crippen molar-refractivity contribution in [3.05, 3.63) is 77.7 Å². The number of rotatable bonds is 10. The van der Waals surface area contributed by atoms with Crippen LogP contribution in [0.1, 0.15) is 30.0 Å². The molecule has 0 bridgehead atoms. The van der Waals surface area contributed by atoms with Crippen LogP contribution in [0.15, 0.2) is 60.8 Å². The lowest BCUT2D eigenvalue weighted by molar-refractivity contribution is -0.160. The molecule has 1 aliphatic rings. The van der Waals surface area contributed by atoms with Crippen LogP contribution in [-0.4, -0.2) is 48.6 Å². The topological polar surface area (TPSA) is 112 Å². The van der Waals surface area contributed by atoms with Gasteiger partial charge in [0.1, 0.15) is 23.4 Å². The van der Waals surface area contributed by atoms with Crippen LogP contribution < -0.4 is 10.6 Å². The van der Waals surface area contributed by atoms with Gasteiger partial charge >= 0.3 is 6.18 Å². The second kappa shape index (κ2) is 10.7. The van der Waals surface area contributed by atoms with Crippen molar-refractivity contribution in [2.24, 2.45) is 0 Å². The molecule has 1 saturated carbocycles. The number of aryl methyl sites for hydroxylation is 1. The van der Waals surface area contributed by atoms with Crippen molar-refractivity contribution in [1.82, 2.24) is 15.6 Å². The van der Waals surface area contributed by atoms with Crippen LogP contribution in [0.4, 0.5) is 17.6 Å². The molecule has 0 aliphatic heterocycles. The number of nitrogens with zero attached hydrogens (tertiary/aromatic N) is 2. The normalized spacial score (nSPS) is 16.4. The van der Waals surface area contributed by atoms with Crippen molar-refractivity contribution in [3.8, 4) is 6.07 Å². The molecule has 1 aliphatic carbocycles. The van der Waals surface area contributed by atoms with Crippen LogP contribution in [0.3, 0.4) is 0 Å². The molecule has 3 aromatic rings. The fourth-order valence-corrected chi connectivity index (χ4v) is 5.57. The van der Waals surface area contributed by atoms with Gasteiger partial charge < -0.3 is 5.32 Å². The molecule has 0 radical (unpaired) electrons. The molecule has 200 valence electrons. The molecule has 1 aromatic heterocycles. The van der Waals surface area contributed by atoms with Gasteiger partial charge in [0.2, 0.25) is 5.91 Å². The van der Waals surface area contributed by atoms with Crippen LogP contribution in [0, 0.1) is 17.1 Å². The standard InChI is InChI=1S/C26H24F4N4O3S/c27-20-8-6-19(7-9-20)23(26(28,29)30)33-21(24(35)34-25(16-31)11-12-25)15-38(36,37)14-10-18-4-1-3-17-5-2-13-32-22(17)18/h1-9,13,21,23,33H,10-12,14-15H2,(H,34,35)/t21-,23-/m0/s1. The summed E-state index contributed by atoms with van der Waals surface area (Å²) in [5.74, 6) is -3.16. The number of hydrogen-bond acceptors (Lipinski definition) is 6. The first-order valence-corrected chi connectivity index (χ1v) is 13.6. The Labute approximate surface area is 216 Å². The van der Waals surface area contributed by atoms with Crippen molar-refractivity contribution in [1.29, 1.82) is 5.26 Å². The van der Waals surface area contributed by atoms with Crippen LogP contribution in [0.25, 0.3) is 10.9 Å². The van der Waals surface area contributed by atoms with Crippen LogP contribution in [0.2, 0.25) is 0 Å². The third kappa shape index (κ3) is 6.65. The van der Waals surface area contributed by atoms with Crippen molar-refractivity contribution in [2.75, 3.05) is 11.5 Å². The van der Waals surface area contributed by atoms with Crippen molar-refractivity contribution in [3.63, 3.8) is 0 Å². The number of halogens is 4. The molecule has 38 heavy (non-hydrogen) atoms. The molecule has 12 heteroatoms. The minimum Gasteiger partial charge on any atom is -0.336 e. The third-order valence-corrected chi connectivity index (χ3v) is 8.03. The number of nitrogens with one attached hydrogen (secondary N) is 2. The Morgan fingerprint density at radius 1 is 1.11 bits per heavy atom. The summed E-state index contributed by atoms with van der Waals surface area (Å²) in [6.07, 6.45) is -2.71. The average Bonchev–Trinajstić information content (AvgIpc) is 3.65. The lowest BCUT2D eigenvalue weighted by Gasteiger charge is -2.28. The molecular formula is C26H24F4N4O3S. The Morgan fingerprint density at radius 2 is 1.79 bits per heavy atom. The Bertz CT molecular complexity index is 1460. The highest BCUT2D eigenvalue weighted by molar-refractivity contribution is 7.91. The predicted octanol–water partition coefficient (Wildman–Crippen LogP) is 3.77. The van der Waals surface area contributed by atoms with Gasteiger partial charge in [-0.25, -0.2) is 12.8 Å². The lowest BCUT2D eigenvalue weighted by Crippen LogP contribution is -2.54. The van der Waals surface area contributed by atoms with Gasteiger partial charge in [-0.3, -0.25) is 15.1 Å². The highest BCUT2D eigenvalue weighted by atomic mass is 32.2. The number of aromatic nitrogens is 1. The first kappa shape index (κ1) is 27.5. The summed E-state index contributed by atoms with van der Waals surface area (Å²) in [7, 11) is -4.08. The van der Waals surface area contributed by atoms with Gasteiger partial charge in [0.15, 0.2) is 9.84 Å². The molecule has 4 rings (SSSR count). The second-order valence-electron chi connectivity index (χ2n) is 9.29. The summed E-state index contributed by atoms with van der Waals surface area (Å²) < 4.78 is 81.5. The van der Waals surface area contributed by atoms with E-state index in [0.717, 1.165) is 29.7 Å². The molecule has 2 N–H and O–H groups in total. The number of pyridine rings is 1. The van der Waals surface area contributed by atoms with Gasteiger partial charge in [-0.15, -0.1) is 0 Å². The van der Waals surface area contributed by atoms with Crippen LogP contribution >= 0.6 is 0 Å². The molecule has 7 nitrogen and oxygen atoms in total. The highest BCUT2D eigenvalue weighted by Gasteiger charge is 2.48. The van der Waals surface area contributed by atoms with E-state index in [-0.39, 0.29) is 6.42 Å². The highest BCUT2D eigenvalue weighted by Crippen LogP contribution is 2.36. The Morgan fingerprint density at radius 3 is 2.42 bits per heavy atom. The molecule has 0 unspecified atom stereocenters. The van der Waals surface area contributed by atoms with E-state index in [9.17, 15) is 36.0 Å². The molecule has 2 atom stereocenters.